The number of nitrogens with zero attached hydrogens (tertiary/aromatic N) is 3. The molecule has 4 rings (SSSR count). The predicted molar refractivity (Wildman–Crippen MR) is 138 cm³/mol. The summed E-state index contributed by atoms with van der Waals surface area (Å²) in [7, 11) is 0. The largest absolute Gasteiger partial charge is 0.480 e. The van der Waals surface area contributed by atoms with E-state index in [0.717, 1.165) is 22.3 Å². The Kier molecular flexibility index (Phi) is 8.58. The molecule has 1 aliphatic carbocycles. The van der Waals surface area contributed by atoms with Gasteiger partial charge in [-0.15, -0.1) is 0 Å². The number of esters is 1. The van der Waals surface area contributed by atoms with Gasteiger partial charge in [-0.3, -0.25) is 4.79 Å². The Hall–Kier alpha value is -4.82. The molecule has 1 unspecified atom stereocenters. The molecule has 0 aliphatic heterocycles. The van der Waals surface area contributed by atoms with E-state index in [1.165, 1.54) is 0 Å². The van der Waals surface area contributed by atoms with E-state index in [2.05, 4.69) is 15.3 Å². The first-order valence-corrected chi connectivity index (χ1v) is 12.0. The maximum atomic E-state index is 12.9. The monoisotopic (exact) mass is 514 g/mol. The Labute approximate surface area is 218 Å². The molecule has 10 nitrogen and oxygen atoms in total. The summed E-state index contributed by atoms with van der Waals surface area (Å²) in [5, 5.41) is 15.5. The van der Waals surface area contributed by atoms with E-state index in [-0.39, 0.29) is 32.1 Å². The summed E-state index contributed by atoms with van der Waals surface area (Å²) in [5.41, 5.74) is 13.5. The molecule has 1 amide bonds. The van der Waals surface area contributed by atoms with E-state index >= 15 is 0 Å². The second kappa shape index (κ2) is 12.4. The quantitative estimate of drug-likeness (QED) is 0.158. The van der Waals surface area contributed by atoms with Crippen LogP contribution in [0.15, 0.2) is 84.0 Å². The molecule has 0 saturated heterocycles. The number of carbonyl (C=O) groups excluding carboxylic acids is 2. The fraction of sp³-hybridized carbons (Fsp3) is 0.250. The molecule has 0 heterocycles. The number of nitrogens with one attached hydrogen (secondary N) is 1. The smallest absolute Gasteiger partial charge is 0.407 e. The van der Waals surface area contributed by atoms with Gasteiger partial charge in [0, 0.05) is 17.4 Å². The number of carboxylic acids is 1. The molecule has 0 spiro atoms. The van der Waals surface area contributed by atoms with Crippen molar-refractivity contribution in [3.05, 3.63) is 106 Å². The zero-order valence-corrected chi connectivity index (χ0v) is 20.4. The van der Waals surface area contributed by atoms with Gasteiger partial charge in [0.05, 0.1) is 5.92 Å². The molecule has 194 valence electrons. The van der Waals surface area contributed by atoms with Crippen LogP contribution >= 0.6 is 0 Å². The van der Waals surface area contributed by atoms with Crippen LogP contribution in [0.5, 0.6) is 0 Å². The van der Waals surface area contributed by atoms with Crippen LogP contribution in [-0.4, -0.2) is 42.3 Å². The number of benzene rings is 3. The van der Waals surface area contributed by atoms with Gasteiger partial charge in [0.2, 0.25) is 0 Å². The summed E-state index contributed by atoms with van der Waals surface area (Å²) < 4.78 is 10.8. The highest BCUT2D eigenvalue weighted by Crippen LogP contribution is 2.44. The van der Waals surface area contributed by atoms with Crippen molar-refractivity contribution < 1.29 is 29.0 Å². The average Bonchev–Trinajstić information content (AvgIpc) is 3.26. The van der Waals surface area contributed by atoms with Gasteiger partial charge in [-0.05, 0) is 39.8 Å². The van der Waals surface area contributed by atoms with E-state index in [9.17, 15) is 19.5 Å². The van der Waals surface area contributed by atoms with Gasteiger partial charge in [-0.25, -0.2) is 9.59 Å². The number of hydrogen-bond donors (Lipinski definition) is 2. The van der Waals surface area contributed by atoms with Crippen molar-refractivity contribution >= 4 is 18.0 Å². The molecule has 38 heavy (non-hydrogen) atoms. The van der Waals surface area contributed by atoms with Crippen LogP contribution in [0.2, 0.25) is 0 Å². The number of aliphatic carboxylic acids is 1. The van der Waals surface area contributed by atoms with Crippen molar-refractivity contribution in [2.45, 2.75) is 25.0 Å². The normalized spacial score (nSPS) is 13.3. The van der Waals surface area contributed by atoms with Crippen LogP contribution in [0.25, 0.3) is 21.6 Å². The lowest BCUT2D eigenvalue weighted by Gasteiger charge is -2.23. The second-order valence-corrected chi connectivity index (χ2v) is 8.73. The zero-order chi connectivity index (χ0) is 26.9. The van der Waals surface area contributed by atoms with Crippen molar-refractivity contribution in [1.29, 1.82) is 0 Å². The van der Waals surface area contributed by atoms with Gasteiger partial charge in [0.25, 0.3) is 0 Å². The summed E-state index contributed by atoms with van der Waals surface area (Å²) in [6, 6.07) is 22.9. The molecule has 3 aromatic carbocycles. The topological polar surface area (TPSA) is 151 Å². The number of azide groups is 1. The third-order valence-corrected chi connectivity index (χ3v) is 6.42. The molecule has 2 atom stereocenters. The fourth-order valence-corrected chi connectivity index (χ4v) is 4.60. The molecule has 0 fully saturated rings. The fourth-order valence-electron chi connectivity index (χ4n) is 4.60. The maximum absolute atomic E-state index is 12.9. The van der Waals surface area contributed by atoms with Gasteiger partial charge >= 0.3 is 18.0 Å². The number of amides is 1. The lowest BCUT2D eigenvalue weighted by Crippen LogP contribution is -2.49. The molecule has 0 bridgehead atoms. The van der Waals surface area contributed by atoms with Gasteiger partial charge in [0.15, 0.2) is 0 Å². The number of hydrogen-bond acceptors (Lipinski definition) is 6. The van der Waals surface area contributed by atoms with Crippen LogP contribution in [0.1, 0.15) is 29.0 Å². The van der Waals surface area contributed by atoms with Crippen molar-refractivity contribution in [2.75, 3.05) is 13.2 Å². The van der Waals surface area contributed by atoms with Crippen molar-refractivity contribution in [3.8, 4) is 11.1 Å². The predicted octanol–water partition coefficient (Wildman–Crippen LogP) is 5.04. The summed E-state index contributed by atoms with van der Waals surface area (Å²) in [6.07, 6.45) is -1.12. The minimum absolute atomic E-state index is 0.0198. The molecule has 10 heteroatoms. The lowest BCUT2D eigenvalue weighted by molar-refractivity contribution is -0.156. The Morgan fingerprint density at radius 3 is 2.13 bits per heavy atom. The number of rotatable bonds is 11. The van der Waals surface area contributed by atoms with Gasteiger partial charge < -0.3 is 19.9 Å². The molecule has 0 aromatic heterocycles. The van der Waals surface area contributed by atoms with Gasteiger partial charge in [-0.1, -0.05) is 84.0 Å². The molecule has 2 N–H and O–H groups in total. The summed E-state index contributed by atoms with van der Waals surface area (Å²) >= 11 is 0. The third-order valence-electron chi connectivity index (χ3n) is 6.42. The second-order valence-electron chi connectivity index (χ2n) is 8.73. The van der Waals surface area contributed by atoms with Gasteiger partial charge in [-0.2, -0.15) is 0 Å². The lowest BCUT2D eigenvalue weighted by atomic mass is 9.96. The van der Waals surface area contributed by atoms with E-state index in [0.29, 0.717) is 5.56 Å². The first kappa shape index (κ1) is 26.2. The Morgan fingerprint density at radius 1 is 0.921 bits per heavy atom. The van der Waals surface area contributed by atoms with Crippen LogP contribution in [0.4, 0.5) is 4.79 Å². The van der Waals surface area contributed by atoms with E-state index in [4.69, 9.17) is 15.0 Å². The van der Waals surface area contributed by atoms with Gasteiger partial charge in [0.1, 0.15) is 19.3 Å². The molecule has 0 radical (unpaired) electrons. The molecule has 3 aromatic rings. The van der Waals surface area contributed by atoms with Crippen LogP contribution in [0, 0.1) is 5.92 Å². The highest BCUT2D eigenvalue weighted by molar-refractivity contribution is 5.87. The zero-order valence-electron chi connectivity index (χ0n) is 20.4. The maximum Gasteiger partial charge on any atom is 0.407 e. The Bertz CT molecular complexity index is 1310. The SMILES string of the molecule is [N-]=[N+]=NCCC(C(=O)OCc1ccccc1)[C@H](NC(=O)OCC1c2ccccc2-c2ccccc21)C(=O)O. The van der Waals surface area contributed by atoms with Crippen LogP contribution < -0.4 is 5.32 Å². The Morgan fingerprint density at radius 2 is 1.53 bits per heavy atom. The number of carbonyl (C=O) groups is 3. The van der Waals surface area contributed by atoms with Crippen LogP contribution in [-0.2, 0) is 25.7 Å². The van der Waals surface area contributed by atoms with E-state index in [1.807, 2.05) is 54.6 Å². The van der Waals surface area contributed by atoms with Crippen molar-refractivity contribution in [1.82, 2.24) is 5.32 Å². The Balaban J connectivity index is 1.44. The minimum atomic E-state index is -1.65. The number of fused-ring (bicyclic) bond motifs is 3. The van der Waals surface area contributed by atoms with E-state index < -0.39 is 30.0 Å². The first-order chi connectivity index (χ1) is 18.5. The van der Waals surface area contributed by atoms with Crippen molar-refractivity contribution in [2.24, 2.45) is 11.0 Å². The highest BCUT2D eigenvalue weighted by Gasteiger charge is 2.37. The highest BCUT2D eigenvalue weighted by atomic mass is 16.6. The summed E-state index contributed by atoms with van der Waals surface area (Å²) in [6.45, 7) is -0.249. The van der Waals surface area contributed by atoms with E-state index in [1.54, 1.807) is 24.3 Å². The molecular weight excluding hydrogens is 488 g/mol. The third kappa shape index (κ3) is 6.11. The average molecular weight is 515 g/mol. The first-order valence-electron chi connectivity index (χ1n) is 12.0. The number of ether oxygens (including phenoxy) is 2. The summed E-state index contributed by atoms with van der Waals surface area (Å²) in [5.74, 6) is -3.80. The standard InChI is InChI=1S/C28H26N4O6/c29-32-30-15-14-23(27(35)37-16-18-8-2-1-3-9-18)25(26(33)34)31-28(36)38-17-24-21-12-6-4-10-19(21)20-11-5-7-13-22(20)24/h1-13,23-25H,14-17H2,(H,31,36)(H,33,34)/t23?,25-/m0/s1. The molecule has 1 aliphatic rings. The minimum Gasteiger partial charge on any atom is -0.480 e. The molecular formula is C28H26N4O6. The summed E-state index contributed by atoms with van der Waals surface area (Å²) in [4.78, 5) is 40.4. The van der Waals surface area contributed by atoms with Crippen molar-refractivity contribution in [3.63, 3.8) is 0 Å². The number of alkyl carbamates (subject to hydrolysis) is 1. The molecule has 0 saturated carbocycles. The number of carboxylic acid groups (broad SMARTS) is 1. The van der Waals surface area contributed by atoms with Crippen LogP contribution in [0.3, 0.4) is 0 Å².